The summed E-state index contributed by atoms with van der Waals surface area (Å²) in [4.78, 5) is 11.2. The normalized spacial score (nSPS) is 11.2. The van der Waals surface area contributed by atoms with Crippen molar-refractivity contribution in [3.05, 3.63) is 48.5 Å². The van der Waals surface area contributed by atoms with Gasteiger partial charge in [0.25, 0.3) is 0 Å². The zero-order valence-electron chi connectivity index (χ0n) is 11.5. The number of fused-ring (bicyclic) bond motifs is 1. The van der Waals surface area contributed by atoms with Crippen LogP contribution in [0.25, 0.3) is 16.8 Å². The first-order valence-electron chi connectivity index (χ1n) is 6.39. The van der Waals surface area contributed by atoms with E-state index in [0.29, 0.717) is 5.75 Å². The Morgan fingerprint density at radius 1 is 1.14 bits per heavy atom. The third-order valence-electron chi connectivity index (χ3n) is 2.82. The van der Waals surface area contributed by atoms with Crippen molar-refractivity contribution in [3.63, 3.8) is 0 Å². The minimum absolute atomic E-state index is 0.378. The van der Waals surface area contributed by atoms with E-state index in [2.05, 4.69) is 11.3 Å². The molecule has 0 unspecified atom stereocenters. The number of rotatable bonds is 5. The fraction of sp³-hybridized carbons (Fsp3) is 0.188. The summed E-state index contributed by atoms with van der Waals surface area (Å²) in [6.07, 6.45) is -2.82. The summed E-state index contributed by atoms with van der Waals surface area (Å²) >= 11 is 0. The summed E-state index contributed by atoms with van der Waals surface area (Å²) in [5.41, 5.74) is 0.969. The van der Waals surface area contributed by atoms with Crippen LogP contribution < -0.4 is 4.74 Å². The summed E-state index contributed by atoms with van der Waals surface area (Å²) in [6, 6.07) is 10.8. The molecule has 0 spiro atoms. The number of alkyl halides is 3. The number of esters is 1. The Hall–Kier alpha value is -2.50. The van der Waals surface area contributed by atoms with Crippen LogP contribution in [0.2, 0.25) is 0 Å². The molecule has 116 valence electrons. The van der Waals surface area contributed by atoms with Gasteiger partial charge in [0.2, 0.25) is 0 Å². The lowest BCUT2D eigenvalue weighted by atomic mass is 10.1. The number of benzene rings is 2. The monoisotopic (exact) mass is 310 g/mol. The van der Waals surface area contributed by atoms with Crippen molar-refractivity contribution < 1.29 is 27.4 Å². The largest absolute Gasteiger partial charge is 0.482 e. The molecular formula is C16H13F3O3. The Morgan fingerprint density at radius 2 is 1.82 bits per heavy atom. The molecule has 0 N–H and O–H groups in total. The lowest BCUT2D eigenvalue weighted by molar-refractivity contribution is -0.187. The zero-order chi connectivity index (χ0) is 16.2. The predicted octanol–water partition coefficient (Wildman–Crippen LogP) is 3.97. The minimum Gasteiger partial charge on any atom is -0.482 e. The van der Waals surface area contributed by atoms with E-state index in [1.807, 2.05) is 18.2 Å². The van der Waals surface area contributed by atoms with Crippen molar-refractivity contribution in [2.75, 3.05) is 13.2 Å². The van der Waals surface area contributed by atoms with Crippen LogP contribution in [0.3, 0.4) is 0 Å². The molecule has 0 aliphatic carbocycles. The Labute approximate surface area is 124 Å². The van der Waals surface area contributed by atoms with Crippen molar-refractivity contribution in [1.29, 1.82) is 0 Å². The van der Waals surface area contributed by atoms with Gasteiger partial charge in [-0.1, -0.05) is 30.9 Å². The average Bonchev–Trinajstić information content (AvgIpc) is 2.49. The van der Waals surface area contributed by atoms with Crippen LogP contribution in [0.4, 0.5) is 13.2 Å². The van der Waals surface area contributed by atoms with E-state index >= 15 is 0 Å². The summed E-state index contributed by atoms with van der Waals surface area (Å²) in [7, 11) is 0. The minimum atomic E-state index is -4.54. The second kappa shape index (κ2) is 6.51. The van der Waals surface area contributed by atoms with Crippen LogP contribution in [0.15, 0.2) is 43.0 Å². The van der Waals surface area contributed by atoms with Gasteiger partial charge in [0, 0.05) is 0 Å². The molecule has 3 nitrogen and oxygen atoms in total. The van der Waals surface area contributed by atoms with E-state index in [1.165, 1.54) is 0 Å². The highest BCUT2D eigenvalue weighted by Crippen LogP contribution is 2.22. The smallest absolute Gasteiger partial charge is 0.422 e. The van der Waals surface area contributed by atoms with Crippen molar-refractivity contribution in [2.45, 2.75) is 6.18 Å². The Bertz CT molecular complexity index is 693. The molecule has 0 heterocycles. The van der Waals surface area contributed by atoms with Crippen molar-refractivity contribution in [3.8, 4) is 5.75 Å². The molecule has 6 heteroatoms. The number of ether oxygens (including phenoxy) is 2. The van der Waals surface area contributed by atoms with Gasteiger partial charge in [-0.25, -0.2) is 4.79 Å². The Kier molecular flexibility index (Phi) is 4.70. The lowest BCUT2D eigenvalue weighted by Gasteiger charge is -2.09. The number of hydrogen-bond donors (Lipinski definition) is 0. The van der Waals surface area contributed by atoms with E-state index in [4.69, 9.17) is 4.74 Å². The molecular weight excluding hydrogens is 297 g/mol. The average molecular weight is 310 g/mol. The molecule has 0 bridgehead atoms. The standard InChI is InChI=1S/C16H13F3O3/c1-2-11-3-4-13-8-14(6-5-12(13)7-11)21-9-15(20)22-10-16(17,18)19/h2-8H,1,9-10H2. The molecule has 0 aliphatic heterocycles. The van der Waals surface area contributed by atoms with E-state index in [0.717, 1.165) is 16.3 Å². The number of carbonyl (C=O) groups excluding carboxylic acids is 1. The topological polar surface area (TPSA) is 35.5 Å². The van der Waals surface area contributed by atoms with Crippen molar-refractivity contribution in [2.24, 2.45) is 0 Å². The van der Waals surface area contributed by atoms with Crippen LogP contribution in [0.5, 0.6) is 5.75 Å². The van der Waals surface area contributed by atoms with Gasteiger partial charge < -0.3 is 9.47 Å². The third-order valence-corrected chi connectivity index (χ3v) is 2.82. The molecule has 0 amide bonds. The molecule has 0 radical (unpaired) electrons. The van der Waals surface area contributed by atoms with Crippen molar-refractivity contribution >= 4 is 22.8 Å². The molecule has 2 aromatic carbocycles. The summed E-state index contributed by atoms with van der Waals surface area (Å²) in [6.45, 7) is 1.49. The van der Waals surface area contributed by atoms with Crippen LogP contribution in [-0.4, -0.2) is 25.4 Å². The maximum atomic E-state index is 11.9. The van der Waals surface area contributed by atoms with Crippen LogP contribution in [-0.2, 0) is 9.53 Å². The molecule has 0 atom stereocenters. The van der Waals surface area contributed by atoms with Crippen LogP contribution in [0, 0.1) is 0 Å². The van der Waals surface area contributed by atoms with Gasteiger partial charge in [0.05, 0.1) is 0 Å². The van der Waals surface area contributed by atoms with Gasteiger partial charge in [-0.05, 0) is 34.5 Å². The van der Waals surface area contributed by atoms with E-state index in [9.17, 15) is 18.0 Å². The van der Waals surface area contributed by atoms with Gasteiger partial charge in [-0.15, -0.1) is 0 Å². The van der Waals surface area contributed by atoms with E-state index < -0.39 is 25.4 Å². The fourth-order valence-electron chi connectivity index (χ4n) is 1.81. The zero-order valence-corrected chi connectivity index (χ0v) is 11.5. The summed E-state index contributed by atoms with van der Waals surface area (Å²) in [5, 5.41) is 1.84. The van der Waals surface area contributed by atoms with Gasteiger partial charge in [-0.2, -0.15) is 13.2 Å². The number of hydrogen-bond acceptors (Lipinski definition) is 3. The second-order valence-corrected chi connectivity index (χ2v) is 4.54. The first-order chi connectivity index (χ1) is 10.4. The summed E-state index contributed by atoms with van der Waals surface area (Å²) in [5.74, 6) is -0.692. The van der Waals surface area contributed by atoms with Gasteiger partial charge in [0.15, 0.2) is 13.2 Å². The van der Waals surface area contributed by atoms with Gasteiger partial charge in [-0.3, -0.25) is 0 Å². The van der Waals surface area contributed by atoms with Crippen LogP contribution in [0.1, 0.15) is 5.56 Å². The van der Waals surface area contributed by atoms with E-state index in [1.54, 1.807) is 24.3 Å². The number of carbonyl (C=O) groups is 1. The maximum Gasteiger partial charge on any atom is 0.422 e. The fourth-order valence-corrected chi connectivity index (χ4v) is 1.81. The van der Waals surface area contributed by atoms with Crippen molar-refractivity contribution in [1.82, 2.24) is 0 Å². The van der Waals surface area contributed by atoms with Crippen LogP contribution >= 0.6 is 0 Å². The first-order valence-corrected chi connectivity index (χ1v) is 6.39. The molecule has 0 fully saturated rings. The third kappa shape index (κ3) is 4.51. The summed E-state index contributed by atoms with van der Waals surface area (Å²) < 4.78 is 44.9. The molecule has 0 saturated heterocycles. The SMILES string of the molecule is C=Cc1ccc2cc(OCC(=O)OCC(F)(F)F)ccc2c1. The molecule has 22 heavy (non-hydrogen) atoms. The number of halogens is 3. The highest BCUT2D eigenvalue weighted by Gasteiger charge is 2.29. The molecule has 0 aliphatic rings. The second-order valence-electron chi connectivity index (χ2n) is 4.54. The quantitative estimate of drug-likeness (QED) is 0.784. The molecule has 0 aromatic heterocycles. The molecule has 0 saturated carbocycles. The first kappa shape index (κ1) is 15.9. The Morgan fingerprint density at radius 3 is 2.50 bits per heavy atom. The molecule has 2 aromatic rings. The van der Waals surface area contributed by atoms with Gasteiger partial charge >= 0.3 is 12.1 Å². The predicted molar refractivity (Wildman–Crippen MR) is 76.5 cm³/mol. The Balaban J connectivity index is 1.97. The molecule has 2 rings (SSSR count). The highest BCUT2D eigenvalue weighted by atomic mass is 19.4. The highest BCUT2D eigenvalue weighted by molar-refractivity contribution is 5.86. The van der Waals surface area contributed by atoms with Gasteiger partial charge in [0.1, 0.15) is 5.75 Å². The maximum absolute atomic E-state index is 11.9. The lowest BCUT2D eigenvalue weighted by Crippen LogP contribution is -2.23. The van der Waals surface area contributed by atoms with E-state index in [-0.39, 0.29) is 0 Å².